The molecule has 110 valence electrons. The first-order valence-corrected chi connectivity index (χ1v) is 7.30. The summed E-state index contributed by atoms with van der Waals surface area (Å²) < 4.78 is 0. The maximum Gasteiger partial charge on any atom is 0.158 e. The minimum Gasteiger partial charge on any atom is -0.318 e. The van der Waals surface area contributed by atoms with Gasteiger partial charge in [-0.3, -0.25) is 4.79 Å². The minimum absolute atomic E-state index is 0.0460. The molecular weight excluding hydrogens is 258 g/mol. The van der Waals surface area contributed by atoms with E-state index in [1.54, 1.807) is 0 Å². The zero-order chi connectivity index (χ0) is 15.5. The van der Waals surface area contributed by atoms with Gasteiger partial charge < -0.3 is 5.73 Å². The van der Waals surface area contributed by atoms with Crippen molar-refractivity contribution < 1.29 is 4.79 Å². The number of Topliss-reactive ketones (excluding diaryl/α,β-unsaturated/α-hetero) is 1. The molecule has 0 amide bonds. The molecule has 0 aliphatic carbocycles. The zero-order valence-corrected chi connectivity index (χ0v) is 13.0. The molecule has 0 aliphatic rings. The first-order chi connectivity index (χ1) is 9.88. The first kappa shape index (κ1) is 15.5. The summed E-state index contributed by atoms with van der Waals surface area (Å²) >= 11 is 0. The van der Waals surface area contributed by atoms with Crippen molar-refractivity contribution in [2.24, 2.45) is 5.73 Å². The van der Waals surface area contributed by atoms with Crippen molar-refractivity contribution in [1.82, 2.24) is 0 Å². The summed E-state index contributed by atoms with van der Waals surface area (Å²) in [5.74, 6) is 0.0460. The van der Waals surface area contributed by atoms with E-state index in [0.717, 1.165) is 11.1 Å². The number of ketones is 1. The molecule has 2 aromatic carbocycles. The molecule has 2 nitrogen and oxygen atoms in total. The third-order valence-electron chi connectivity index (χ3n) is 3.70. The van der Waals surface area contributed by atoms with Gasteiger partial charge in [0.05, 0.1) is 6.04 Å². The Bertz CT molecular complexity index is 594. The molecule has 0 aliphatic heterocycles. The highest BCUT2D eigenvalue weighted by molar-refractivity contribution is 5.87. The average Bonchev–Trinajstić information content (AvgIpc) is 2.47. The van der Waals surface area contributed by atoms with Gasteiger partial charge in [0.25, 0.3) is 0 Å². The van der Waals surface area contributed by atoms with Crippen molar-refractivity contribution in [2.45, 2.75) is 38.6 Å². The van der Waals surface area contributed by atoms with Gasteiger partial charge in [-0.2, -0.15) is 0 Å². The standard InChI is InChI=1S/C19H23NO/c1-19(2,3)16-11-9-14(10-12-16)13-17(21)18(20)15-7-5-4-6-8-15/h4-12,18H,13,20H2,1-3H3/t18-/m1/s1. The van der Waals surface area contributed by atoms with Gasteiger partial charge in [-0.15, -0.1) is 0 Å². The van der Waals surface area contributed by atoms with Crippen molar-refractivity contribution in [2.75, 3.05) is 0 Å². The lowest BCUT2D eigenvalue weighted by atomic mass is 9.86. The van der Waals surface area contributed by atoms with Gasteiger partial charge in [0.15, 0.2) is 5.78 Å². The Morgan fingerprint density at radius 2 is 1.57 bits per heavy atom. The SMILES string of the molecule is CC(C)(C)c1ccc(CC(=O)[C@H](N)c2ccccc2)cc1. The van der Waals surface area contributed by atoms with Crippen LogP contribution in [0.4, 0.5) is 0 Å². The summed E-state index contributed by atoms with van der Waals surface area (Å²) in [6.07, 6.45) is 0.375. The lowest BCUT2D eigenvalue weighted by Crippen LogP contribution is -2.23. The van der Waals surface area contributed by atoms with Gasteiger partial charge in [-0.1, -0.05) is 75.4 Å². The van der Waals surface area contributed by atoms with Crippen molar-refractivity contribution in [3.8, 4) is 0 Å². The predicted octanol–water partition coefficient (Wildman–Crippen LogP) is 3.80. The van der Waals surface area contributed by atoms with Gasteiger partial charge in [0.1, 0.15) is 0 Å². The molecule has 0 bridgehead atoms. The lowest BCUT2D eigenvalue weighted by molar-refractivity contribution is -0.119. The van der Waals surface area contributed by atoms with Crippen LogP contribution in [0, 0.1) is 0 Å². The lowest BCUT2D eigenvalue weighted by Gasteiger charge is -2.19. The van der Waals surface area contributed by atoms with Crippen molar-refractivity contribution >= 4 is 5.78 Å². The van der Waals surface area contributed by atoms with Gasteiger partial charge >= 0.3 is 0 Å². The maximum atomic E-state index is 12.3. The predicted molar refractivity (Wildman–Crippen MR) is 87.2 cm³/mol. The summed E-state index contributed by atoms with van der Waals surface area (Å²) in [6.45, 7) is 6.54. The summed E-state index contributed by atoms with van der Waals surface area (Å²) in [5, 5.41) is 0. The van der Waals surface area contributed by atoms with Crippen molar-refractivity contribution in [3.63, 3.8) is 0 Å². The van der Waals surface area contributed by atoms with Crippen LogP contribution in [0.1, 0.15) is 43.5 Å². The summed E-state index contributed by atoms with van der Waals surface area (Å²) in [6, 6.07) is 17.2. The van der Waals surface area contributed by atoms with Crippen LogP contribution in [0.3, 0.4) is 0 Å². The molecule has 0 heterocycles. The largest absolute Gasteiger partial charge is 0.318 e. The Kier molecular flexibility index (Phi) is 4.59. The molecule has 2 N–H and O–H groups in total. The highest BCUT2D eigenvalue weighted by atomic mass is 16.1. The van der Waals surface area contributed by atoms with Gasteiger partial charge in [-0.05, 0) is 22.1 Å². The summed E-state index contributed by atoms with van der Waals surface area (Å²) in [5.41, 5.74) is 9.32. The van der Waals surface area contributed by atoms with Crippen LogP contribution in [0.15, 0.2) is 54.6 Å². The number of hydrogen-bond donors (Lipinski definition) is 1. The Labute approximate surface area is 127 Å². The Balaban J connectivity index is 2.06. The van der Waals surface area contributed by atoms with Crippen LogP contribution < -0.4 is 5.73 Å². The molecular formula is C19H23NO. The fourth-order valence-corrected chi connectivity index (χ4v) is 2.28. The second-order valence-corrected chi connectivity index (χ2v) is 6.48. The van der Waals surface area contributed by atoms with E-state index in [-0.39, 0.29) is 11.2 Å². The van der Waals surface area contributed by atoms with Crippen LogP contribution in [0.5, 0.6) is 0 Å². The second-order valence-electron chi connectivity index (χ2n) is 6.48. The van der Waals surface area contributed by atoms with Crippen molar-refractivity contribution in [3.05, 3.63) is 71.3 Å². The highest BCUT2D eigenvalue weighted by Gasteiger charge is 2.17. The Morgan fingerprint density at radius 3 is 2.10 bits per heavy atom. The molecule has 21 heavy (non-hydrogen) atoms. The van der Waals surface area contributed by atoms with Crippen LogP contribution in [0.2, 0.25) is 0 Å². The van der Waals surface area contributed by atoms with E-state index in [4.69, 9.17) is 5.73 Å². The third-order valence-corrected chi connectivity index (χ3v) is 3.70. The van der Waals surface area contributed by atoms with Gasteiger partial charge in [0.2, 0.25) is 0 Å². The third kappa shape index (κ3) is 4.02. The van der Waals surface area contributed by atoms with E-state index in [0.29, 0.717) is 6.42 Å². The Hall–Kier alpha value is -1.93. The van der Waals surface area contributed by atoms with E-state index >= 15 is 0 Å². The molecule has 1 atom stereocenters. The fourth-order valence-electron chi connectivity index (χ4n) is 2.28. The molecule has 0 saturated heterocycles. The smallest absolute Gasteiger partial charge is 0.158 e. The second kappa shape index (κ2) is 6.23. The van der Waals surface area contributed by atoms with Gasteiger partial charge in [-0.25, -0.2) is 0 Å². The normalized spacial score (nSPS) is 13.0. The monoisotopic (exact) mass is 281 g/mol. The van der Waals surface area contributed by atoms with Crippen LogP contribution in [-0.2, 0) is 16.6 Å². The van der Waals surface area contributed by atoms with E-state index in [2.05, 4.69) is 32.9 Å². The zero-order valence-electron chi connectivity index (χ0n) is 13.0. The van der Waals surface area contributed by atoms with Crippen LogP contribution in [0.25, 0.3) is 0 Å². The molecule has 0 saturated carbocycles. The average molecular weight is 281 g/mol. The number of benzene rings is 2. The number of carbonyl (C=O) groups excluding carboxylic acids is 1. The Morgan fingerprint density at radius 1 is 1.00 bits per heavy atom. The fraction of sp³-hybridized carbons (Fsp3) is 0.316. The van der Waals surface area contributed by atoms with Crippen LogP contribution in [-0.4, -0.2) is 5.78 Å². The number of hydrogen-bond acceptors (Lipinski definition) is 2. The molecule has 2 heteroatoms. The molecule has 0 radical (unpaired) electrons. The minimum atomic E-state index is -0.548. The summed E-state index contributed by atoms with van der Waals surface area (Å²) in [7, 11) is 0. The van der Waals surface area contributed by atoms with E-state index < -0.39 is 6.04 Å². The quantitative estimate of drug-likeness (QED) is 0.926. The highest BCUT2D eigenvalue weighted by Crippen LogP contribution is 2.22. The van der Waals surface area contributed by atoms with E-state index in [1.807, 2.05) is 42.5 Å². The molecule has 2 rings (SSSR count). The van der Waals surface area contributed by atoms with Gasteiger partial charge in [0, 0.05) is 6.42 Å². The molecule has 0 spiro atoms. The molecule has 0 unspecified atom stereocenters. The summed E-state index contributed by atoms with van der Waals surface area (Å²) in [4.78, 5) is 12.3. The number of carbonyl (C=O) groups is 1. The van der Waals surface area contributed by atoms with Crippen LogP contribution >= 0.6 is 0 Å². The van der Waals surface area contributed by atoms with E-state index in [1.165, 1.54) is 5.56 Å². The molecule has 2 aromatic rings. The van der Waals surface area contributed by atoms with E-state index in [9.17, 15) is 4.79 Å². The molecule has 0 aromatic heterocycles. The number of rotatable bonds is 4. The van der Waals surface area contributed by atoms with Crippen molar-refractivity contribution in [1.29, 1.82) is 0 Å². The molecule has 0 fully saturated rings. The number of nitrogens with two attached hydrogens (primary N) is 1. The topological polar surface area (TPSA) is 43.1 Å². The first-order valence-electron chi connectivity index (χ1n) is 7.30. The maximum absolute atomic E-state index is 12.3.